The fraction of sp³-hybridized carbons (Fsp3) is 0.533. The van der Waals surface area contributed by atoms with Gasteiger partial charge in [0.2, 0.25) is 5.91 Å². The Hall–Kier alpha value is -2.87. The predicted molar refractivity (Wildman–Crippen MR) is 158 cm³/mol. The highest BCUT2D eigenvalue weighted by Crippen LogP contribution is 2.29. The van der Waals surface area contributed by atoms with Crippen LogP contribution in [0.2, 0.25) is 0 Å². The molecule has 0 bridgehead atoms. The summed E-state index contributed by atoms with van der Waals surface area (Å²) in [5.74, 6) is 0.185. The molecule has 1 aliphatic heterocycles. The molecule has 38 heavy (non-hydrogen) atoms. The van der Waals surface area contributed by atoms with Gasteiger partial charge in [0.1, 0.15) is 5.60 Å². The molecular weight excluding hydrogens is 498 g/mol. The lowest BCUT2D eigenvalue weighted by molar-refractivity contribution is -0.138. The number of carbonyl (C=O) groups is 2. The van der Waals surface area contributed by atoms with Gasteiger partial charge in [-0.3, -0.25) is 19.0 Å². The Balaban J connectivity index is 0.000000491. The maximum Gasteiger partial charge on any atom is 0.293 e. The number of fused-ring (bicyclic) bond motifs is 2. The number of ether oxygens (including phenoxy) is 1. The minimum atomic E-state index is -0.318. The second kappa shape index (κ2) is 14.9. The maximum atomic E-state index is 13.2. The van der Waals surface area contributed by atoms with Crippen LogP contribution in [0.25, 0.3) is 21.7 Å². The highest BCUT2D eigenvalue weighted by atomic mass is 32.2. The second-order valence-electron chi connectivity index (χ2n) is 9.91. The molecule has 0 spiro atoms. The standard InChI is InChI=1S/C23H27N3O2S.C5H10O2.C2H6/c1-3-9-20(22(28)25-12-7-8-13-25)29-23-24-19-15-17-11-6-5-10-16(17)14-18(19)21(27)26(23)4-2;1-5(2,3)7-4-6;1-2/h5-6,10-11,14-15,20H,3-4,7-9,12-13H2,1-2H3;4H,1-3H3;1-2H3. The Bertz CT molecular complexity index is 1260. The van der Waals surface area contributed by atoms with Gasteiger partial charge in [0.15, 0.2) is 5.16 Å². The first-order valence-corrected chi connectivity index (χ1v) is 14.6. The molecule has 2 heterocycles. The summed E-state index contributed by atoms with van der Waals surface area (Å²) < 4.78 is 6.26. The predicted octanol–water partition coefficient (Wildman–Crippen LogP) is 6.44. The van der Waals surface area contributed by atoms with Crippen LogP contribution in [-0.2, 0) is 20.9 Å². The van der Waals surface area contributed by atoms with Crippen LogP contribution in [0.3, 0.4) is 0 Å². The molecule has 4 rings (SSSR count). The van der Waals surface area contributed by atoms with Gasteiger partial charge in [-0.05, 0) is 69.9 Å². The van der Waals surface area contributed by atoms with Crippen LogP contribution in [-0.4, -0.2) is 50.8 Å². The molecule has 1 fully saturated rings. The van der Waals surface area contributed by atoms with Crippen molar-refractivity contribution in [2.45, 2.75) is 96.7 Å². The number of likely N-dealkylation sites (tertiary alicyclic amines) is 1. The Morgan fingerprint density at radius 1 is 1.11 bits per heavy atom. The van der Waals surface area contributed by atoms with Crippen molar-refractivity contribution in [3.05, 3.63) is 46.8 Å². The summed E-state index contributed by atoms with van der Waals surface area (Å²) in [6, 6.07) is 11.9. The highest BCUT2D eigenvalue weighted by molar-refractivity contribution is 8.00. The van der Waals surface area contributed by atoms with Crippen molar-refractivity contribution in [1.29, 1.82) is 0 Å². The van der Waals surface area contributed by atoms with E-state index in [4.69, 9.17) is 4.98 Å². The number of amides is 1. The van der Waals surface area contributed by atoms with E-state index in [0.29, 0.717) is 29.1 Å². The van der Waals surface area contributed by atoms with Gasteiger partial charge in [0.05, 0.1) is 16.2 Å². The molecule has 7 nitrogen and oxygen atoms in total. The number of hydrogen-bond acceptors (Lipinski definition) is 6. The van der Waals surface area contributed by atoms with E-state index in [1.165, 1.54) is 11.8 Å². The largest absolute Gasteiger partial charge is 0.462 e. The van der Waals surface area contributed by atoms with Crippen LogP contribution in [0.4, 0.5) is 0 Å². The maximum absolute atomic E-state index is 13.2. The molecule has 0 N–H and O–H groups in total. The van der Waals surface area contributed by atoms with E-state index in [2.05, 4.69) is 11.7 Å². The van der Waals surface area contributed by atoms with Gasteiger partial charge in [-0.1, -0.05) is 63.2 Å². The first-order chi connectivity index (χ1) is 18.2. The van der Waals surface area contributed by atoms with Crippen LogP contribution in [0.15, 0.2) is 46.3 Å². The number of thioether (sulfide) groups is 1. The minimum Gasteiger partial charge on any atom is -0.462 e. The number of benzene rings is 2. The lowest BCUT2D eigenvalue weighted by Crippen LogP contribution is -2.36. The Morgan fingerprint density at radius 3 is 2.21 bits per heavy atom. The first-order valence-electron chi connectivity index (χ1n) is 13.7. The zero-order valence-electron chi connectivity index (χ0n) is 24.0. The third-order valence-corrected chi connectivity index (χ3v) is 7.24. The fourth-order valence-corrected chi connectivity index (χ4v) is 5.51. The van der Waals surface area contributed by atoms with Crippen molar-refractivity contribution in [2.24, 2.45) is 0 Å². The van der Waals surface area contributed by atoms with Crippen molar-refractivity contribution < 1.29 is 14.3 Å². The summed E-state index contributed by atoms with van der Waals surface area (Å²) in [6.07, 6.45) is 3.87. The summed E-state index contributed by atoms with van der Waals surface area (Å²) >= 11 is 1.45. The van der Waals surface area contributed by atoms with Crippen LogP contribution in [0, 0.1) is 0 Å². The van der Waals surface area contributed by atoms with Crippen molar-refractivity contribution in [2.75, 3.05) is 13.1 Å². The molecule has 0 aliphatic carbocycles. The van der Waals surface area contributed by atoms with Crippen molar-refractivity contribution in [1.82, 2.24) is 14.5 Å². The Labute approximate surface area is 230 Å². The summed E-state index contributed by atoms with van der Waals surface area (Å²) in [6.45, 7) is 16.2. The van der Waals surface area contributed by atoms with Crippen molar-refractivity contribution >= 4 is 45.8 Å². The molecule has 208 valence electrons. The van der Waals surface area contributed by atoms with Crippen LogP contribution >= 0.6 is 11.8 Å². The van der Waals surface area contributed by atoms with Gasteiger partial charge in [0, 0.05) is 19.6 Å². The second-order valence-corrected chi connectivity index (χ2v) is 11.1. The molecule has 0 radical (unpaired) electrons. The molecule has 1 unspecified atom stereocenters. The van der Waals surface area contributed by atoms with Gasteiger partial charge in [-0.15, -0.1) is 0 Å². The average Bonchev–Trinajstić information content (AvgIpc) is 3.43. The van der Waals surface area contributed by atoms with E-state index in [9.17, 15) is 14.4 Å². The number of hydrogen-bond donors (Lipinski definition) is 0. The van der Waals surface area contributed by atoms with Gasteiger partial charge in [0.25, 0.3) is 12.0 Å². The summed E-state index contributed by atoms with van der Waals surface area (Å²) in [7, 11) is 0. The third kappa shape index (κ3) is 8.32. The van der Waals surface area contributed by atoms with Gasteiger partial charge < -0.3 is 9.64 Å². The van der Waals surface area contributed by atoms with Crippen LogP contribution < -0.4 is 5.56 Å². The van der Waals surface area contributed by atoms with Gasteiger partial charge >= 0.3 is 0 Å². The van der Waals surface area contributed by atoms with E-state index < -0.39 is 0 Å². The normalized spacial score (nSPS) is 13.8. The third-order valence-electron chi connectivity index (χ3n) is 6.00. The number of aromatic nitrogens is 2. The molecule has 1 atom stereocenters. The van der Waals surface area contributed by atoms with Crippen molar-refractivity contribution in [3.63, 3.8) is 0 Å². The Kier molecular flexibility index (Phi) is 12.3. The quantitative estimate of drug-likeness (QED) is 0.148. The molecule has 3 aromatic rings. The first kappa shape index (κ1) is 31.3. The molecule has 1 aromatic heterocycles. The van der Waals surface area contributed by atoms with E-state index >= 15 is 0 Å². The lowest BCUT2D eigenvalue weighted by atomic mass is 10.1. The Morgan fingerprint density at radius 2 is 1.71 bits per heavy atom. The highest BCUT2D eigenvalue weighted by Gasteiger charge is 2.28. The SMILES string of the molecule is CC.CC(C)(C)OC=O.CCCC(Sc1nc2cc3ccccc3cc2c(=O)n1CC)C(=O)N1CCCC1. The van der Waals surface area contributed by atoms with Crippen molar-refractivity contribution in [3.8, 4) is 0 Å². The number of carbonyl (C=O) groups excluding carboxylic acids is 2. The lowest BCUT2D eigenvalue weighted by Gasteiger charge is -2.23. The fourth-order valence-electron chi connectivity index (χ4n) is 4.16. The molecule has 1 saturated heterocycles. The summed E-state index contributed by atoms with van der Waals surface area (Å²) in [5, 5.41) is 3.19. The summed E-state index contributed by atoms with van der Waals surface area (Å²) in [4.78, 5) is 42.7. The molecule has 0 saturated carbocycles. The monoisotopic (exact) mass is 541 g/mol. The number of rotatable bonds is 7. The number of nitrogens with zero attached hydrogens (tertiary/aromatic N) is 3. The van der Waals surface area contributed by atoms with E-state index in [0.717, 1.165) is 49.5 Å². The molecule has 2 aromatic carbocycles. The van der Waals surface area contributed by atoms with Gasteiger partial charge in [-0.25, -0.2) is 4.98 Å². The average molecular weight is 542 g/mol. The topological polar surface area (TPSA) is 81.5 Å². The summed E-state index contributed by atoms with van der Waals surface area (Å²) in [5.41, 5.74) is 0.348. The van der Waals surface area contributed by atoms with E-state index in [1.54, 1.807) is 4.57 Å². The molecular formula is C30H43N3O4S. The van der Waals surface area contributed by atoms with E-state index in [-0.39, 0.29) is 22.3 Å². The molecule has 8 heteroatoms. The minimum absolute atomic E-state index is 0.0328. The van der Waals surface area contributed by atoms with Gasteiger partial charge in [-0.2, -0.15) is 0 Å². The zero-order chi connectivity index (χ0) is 28.3. The molecule has 1 amide bonds. The van der Waals surface area contributed by atoms with Crippen LogP contribution in [0.5, 0.6) is 0 Å². The smallest absolute Gasteiger partial charge is 0.293 e. The van der Waals surface area contributed by atoms with Crippen LogP contribution in [0.1, 0.15) is 74.1 Å². The zero-order valence-corrected chi connectivity index (χ0v) is 24.8. The molecule has 1 aliphatic rings. The van der Waals surface area contributed by atoms with E-state index in [1.807, 2.05) is 82.8 Å².